The maximum Gasteiger partial charge on any atom is 0.182 e. The van der Waals surface area contributed by atoms with Gasteiger partial charge in [0.15, 0.2) is 5.78 Å². The van der Waals surface area contributed by atoms with Crippen LogP contribution in [0.4, 0.5) is 0 Å². The van der Waals surface area contributed by atoms with Gasteiger partial charge in [0.05, 0.1) is 5.38 Å². The molecule has 1 aromatic rings. The number of Topliss-reactive ketones (excluding diaryl/α,β-unsaturated/α-hetero) is 1. The second-order valence-corrected chi connectivity index (χ2v) is 7.64. The van der Waals surface area contributed by atoms with Gasteiger partial charge in [-0.25, -0.2) is 0 Å². The second-order valence-electron chi connectivity index (χ2n) is 6.98. The number of aromatic nitrogens is 1. The van der Waals surface area contributed by atoms with Gasteiger partial charge in [-0.05, 0) is 37.7 Å². The van der Waals surface area contributed by atoms with E-state index < -0.39 is 5.38 Å². The first-order valence-electron chi connectivity index (χ1n) is 6.90. The molecular weight excluding hydrogens is 258 g/mol. The van der Waals surface area contributed by atoms with Crippen molar-refractivity contribution >= 4 is 17.4 Å². The van der Waals surface area contributed by atoms with E-state index >= 15 is 0 Å². The number of carbonyl (C=O) groups excluding carboxylic acids is 1. The molecule has 0 radical (unpaired) electrons. The number of alkyl halides is 1. The number of ketones is 1. The smallest absolute Gasteiger partial charge is 0.182 e. The summed E-state index contributed by atoms with van der Waals surface area (Å²) >= 11 is 5.94. The van der Waals surface area contributed by atoms with Gasteiger partial charge in [0.25, 0.3) is 0 Å². The third-order valence-corrected chi connectivity index (χ3v) is 5.51. The molecule has 0 aromatic carbocycles. The molecule has 1 aromatic heterocycles. The van der Waals surface area contributed by atoms with Crippen molar-refractivity contribution in [3.63, 3.8) is 0 Å². The summed E-state index contributed by atoms with van der Waals surface area (Å²) in [5.41, 5.74) is 3.50. The Morgan fingerprint density at radius 1 is 1.26 bits per heavy atom. The zero-order valence-electron chi connectivity index (χ0n) is 13.0. The molecule has 1 aliphatic carbocycles. The molecular formula is C16H24ClNO. The molecule has 2 rings (SSSR count). The van der Waals surface area contributed by atoms with Gasteiger partial charge in [-0.15, -0.1) is 11.6 Å². The molecule has 3 heteroatoms. The molecule has 2 nitrogen and oxygen atoms in total. The molecule has 1 saturated carbocycles. The van der Waals surface area contributed by atoms with Crippen LogP contribution < -0.4 is 0 Å². The van der Waals surface area contributed by atoms with Crippen molar-refractivity contribution in [3.05, 3.63) is 23.0 Å². The fourth-order valence-corrected chi connectivity index (χ4v) is 3.56. The summed E-state index contributed by atoms with van der Waals surface area (Å²) in [4.78, 5) is 12.2. The molecule has 106 valence electrons. The minimum absolute atomic E-state index is 0.0253. The highest BCUT2D eigenvalue weighted by atomic mass is 35.5. The van der Waals surface area contributed by atoms with Crippen LogP contribution in [-0.2, 0) is 0 Å². The van der Waals surface area contributed by atoms with Crippen molar-refractivity contribution in [2.75, 3.05) is 0 Å². The van der Waals surface area contributed by atoms with Gasteiger partial charge >= 0.3 is 0 Å². The monoisotopic (exact) mass is 281 g/mol. The molecule has 0 spiro atoms. The molecule has 1 aliphatic rings. The third-order valence-electron chi connectivity index (χ3n) is 5.31. The summed E-state index contributed by atoms with van der Waals surface area (Å²) in [5, 5.41) is -0.464. The zero-order chi connectivity index (χ0) is 14.7. The summed E-state index contributed by atoms with van der Waals surface area (Å²) in [7, 11) is 0. The van der Waals surface area contributed by atoms with Crippen LogP contribution in [-0.4, -0.2) is 15.7 Å². The van der Waals surface area contributed by atoms with E-state index in [0.717, 1.165) is 17.0 Å². The zero-order valence-corrected chi connectivity index (χ0v) is 13.7. The van der Waals surface area contributed by atoms with E-state index in [-0.39, 0.29) is 16.6 Å². The fraction of sp³-hybridized carbons (Fsp3) is 0.688. The van der Waals surface area contributed by atoms with Crippen LogP contribution >= 0.6 is 11.6 Å². The second kappa shape index (κ2) is 4.12. The summed E-state index contributed by atoms with van der Waals surface area (Å²) in [6, 6.07) is 2.44. The molecule has 1 heterocycles. The first-order valence-corrected chi connectivity index (χ1v) is 7.33. The number of hydrogen-bond acceptors (Lipinski definition) is 1. The lowest BCUT2D eigenvalue weighted by molar-refractivity contribution is 0.0991. The summed E-state index contributed by atoms with van der Waals surface area (Å²) in [6.45, 7) is 15.0. The van der Waals surface area contributed by atoms with E-state index in [4.69, 9.17) is 11.6 Å². The average Bonchev–Trinajstić information content (AvgIpc) is 2.52. The van der Waals surface area contributed by atoms with Crippen LogP contribution in [0.2, 0.25) is 0 Å². The lowest BCUT2D eigenvalue weighted by atomic mass is 10.0. The summed E-state index contributed by atoms with van der Waals surface area (Å²) in [6.07, 6.45) is 0. The van der Waals surface area contributed by atoms with Gasteiger partial charge in [0.2, 0.25) is 0 Å². The van der Waals surface area contributed by atoms with Crippen molar-refractivity contribution in [3.8, 4) is 0 Å². The standard InChI is InChI=1S/C16H24ClNO/c1-9-8-12(13(19)10(2)17)11(3)18(9)14-15(4,5)16(14,6)7/h8,10,14H,1-7H3. The lowest BCUT2D eigenvalue weighted by Gasteiger charge is -2.12. The quantitative estimate of drug-likeness (QED) is 0.590. The fourth-order valence-electron chi connectivity index (χ4n) is 3.45. The molecule has 0 amide bonds. The lowest BCUT2D eigenvalue weighted by Crippen LogP contribution is -2.12. The summed E-state index contributed by atoms with van der Waals surface area (Å²) in [5.74, 6) is 0.0253. The highest BCUT2D eigenvalue weighted by molar-refractivity contribution is 6.33. The molecule has 0 N–H and O–H groups in total. The van der Waals surface area contributed by atoms with Crippen LogP contribution in [0.1, 0.15) is 62.4 Å². The van der Waals surface area contributed by atoms with Gasteiger partial charge in [-0.3, -0.25) is 4.79 Å². The minimum atomic E-state index is -0.464. The van der Waals surface area contributed by atoms with Gasteiger partial charge < -0.3 is 4.57 Å². The van der Waals surface area contributed by atoms with E-state index in [1.54, 1.807) is 6.92 Å². The van der Waals surface area contributed by atoms with E-state index in [9.17, 15) is 4.79 Å². The van der Waals surface area contributed by atoms with Crippen LogP contribution in [0.15, 0.2) is 6.07 Å². The van der Waals surface area contributed by atoms with Crippen molar-refractivity contribution in [2.45, 2.75) is 59.9 Å². The predicted molar refractivity (Wildman–Crippen MR) is 80.2 cm³/mol. The Morgan fingerprint density at radius 2 is 1.74 bits per heavy atom. The Bertz CT molecular complexity index is 523. The first kappa shape index (κ1) is 14.6. The van der Waals surface area contributed by atoms with E-state index in [2.05, 4.69) is 39.2 Å². The number of hydrogen-bond donors (Lipinski definition) is 0. The van der Waals surface area contributed by atoms with Crippen LogP contribution in [0.3, 0.4) is 0 Å². The normalized spacial score (nSPS) is 22.3. The number of halogens is 1. The average molecular weight is 282 g/mol. The van der Waals surface area contributed by atoms with Gasteiger partial charge in [0, 0.05) is 23.0 Å². The number of nitrogens with zero attached hydrogens (tertiary/aromatic N) is 1. The number of rotatable bonds is 3. The number of aryl methyl sites for hydroxylation is 1. The predicted octanol–water partition coefficient (Wildman–Crippen LogP) is 4.52. The van der Waals surface area contributed by atoms with Gasteiger partial charge in [0.1, 0.15) is 0 Å². The van der Waals surface area contributed by atoms with E-state index in [1.165, 1.54) is 0 Å². The Hall–Kier alpha value is -0.760. The largest absolute Gasteiger partial charge is 0.344 e. The Morgan fingerprint density at radius 3 is 2.11 bits per heavy atom. The van der Waals surface area contributed by atoms with E-state index in [1.807, 2.05) is 13.0 Å². The first-order chi connectivity index (χ1) is 8.53. The third kappa shape index (κ3) is 1.87. The highest BCUT2D eigenvalue weighted by Gasteiger charge is 2.66. The van der Waals surface area contributed by atoms with Crippen molar-refractivity contribution < 1.29 is 4.79 Å². The maximum atomic E-state index is 12.2. The SMILES string of the molecule is Cc1cc(C(=O)C(C)Cl)c(C)n1C1C(C)(C)C1(C)C. The molecule has 19 heavy (non-hydrogen) atoms. The minimum Gasteiger partial charge on any atom is -0.344 e. The molecule has 0 bridgehead atoms. The topological polar surface area (TPSA) is 22.0 Å². The molecule has 1 unspecified atom stereocenters. The van der Waals surface area contributed by atoms with Crippen molar-refractivity contribution in [1.29, 1.82) is 0 Å². The molecule has 1 atom stereocenters. The van der Waals surface area contributed by atoms with E-state index in [0.29, 0.717) is 6.04 Å². The summed E-state index contributed by atoms with van der Waals surface area (Å²) < 4.78 is 2.33. The van der Waals surface area contributed by atoms with Gasteiger partial charge in [-0.1, -0.05) is 27.7 Å². The van der Waals surface area contributed by atoms with Crippen LogP contribution in [0, 0.1) is 24.7 Å². The van der Waals surface area contributed by atoms with Gasteiger partial charge in [-0.2, -0.15) is 0 Å². The maximum absolute atomic E-state index is 12.2. The van der Waals surface area contributed by atoms with Crippen LogP contribution in [0.5, 0.6) is 0 Å². The van der Waals surface area contributed by atoms with Crippen LogP contribution in [0.25, 0.3) is 0 Å². The molecule has 0 saturated heterocycles. The Labute approximate surface area is 121 Å². The number of carbonyl (C=O) groups is 1. The Balaban J connectivity index is 2.49. The van der Waals surface area contributed by atoms with Crippen molar-refractivity contribution in [2.24, 2.45) is 10.8 Å². The molecule has 1 fully saturated rings. The highest BCUT2D eigenvalue weighted by Crippen LogP contribution is 2.71. The van der Waals surface area contributed by atoms with Crippen molar-refractivity contribution in [1.82, 2.24) is 4.57 Å². The molecule has 0 aliphatic heterocycles. The Kier molecular flexibility index (Phi) is 3.17.